The molecule has 66 valence electrons. The molecule has 2 rings (SSSR count). The first-order valence-electron chi connectivity index (χ1n) is 4.36. The van der Waals surface area contributed by atoms with E-state index in [0.717, 1.165) is 0 Å². The lowest BCUT2D eigenvalue weighted by Crippen LogP contribution is -2.28. The van der Waals surface area contributed by atoms with Crippen LogP contribution in [0.5, 0.6) is 0 Å². The van der Waals surface area contributed by atoms with Crippen molar-refractivity contribution in [3.63, 3.8) is 0 Å². The van der Waals surface area contributed by atoms with Gasteiger partial charge in [0, 0.05) is 13.1 Å². The lowest BCUT2D eigenvalue weighted by molar-refractivity contribution is 0.580. The summed E-state index contributed by atoms with van der Waals surface area (Å²) in [6.45, 7) is 2.49. The molecule has 0 N–H and O–H groups in total. The zero-order chi connectivity index (χ0) is 8.39. The number of hydrogen-bond acceptors (Lipinski definition) is 2. The van der Waals surface area contributed by atoms with Crippen LogP contribution in [0.3, 0.4) is 0 Å². The van der Waals surface area contributed by atoms with E-state index in [2.05, 4.69) is 33.0 Å². The van der Waals surface area contributed by atoms with Crippen molar-refractivity contribution in [2.24, 2.45) is 0 Å². The van der Waals surface area contributed by atoms with E-state index in [1.165, 1.54) is 41.1 Å². The summed E-state index contributed by atoms with van der Waals surface area (Å²) in [5.41, 5.74) is 0. The third-order valence-electron chi connectivity index (χ3n) is 2.23. The van der Waals surface area contributed by atoms with Crippen LogP contribution in [0.25, 0.3) is 0 Å². The molecular weight excluding hydrogens is 234 g/mol. The number of halogens is 1. The van der Waals surface area contributed by atoms with Gasteiger partial charge in [0.1, 0.15) is 0 Å². The fourth-order valence-electron chi connectivity index (χ4n) is 1.59. The minimum Gasteiger partial charge on any atom is -0.363 e. The molecule has 0 bridgehead atoms. The molecule has 1 fully saturated rings. The van der Waals surface area contributed by atoms with Gasteiger partial charge in [-0.1, -0.05) is 0 Å². The van der Waals surface area contributed by atoms with Crippen molar-refractivity contribution in [2.45, 2.75) is 19.3 Å². The predicted molar refractivity (Wildman–Crippen MR) is 58.1 cm³/mol. The molecule has 1 nitrogen and oxygen atoms in total. The van der Waals surface area contributed by atoms with Gasteiger partial charge in [0.05, 0.1) is 8.79 Å². The molecule has 0 atom stereocenters. The van der Waals surface area contributed by atoms with E-state index < -0.39 is 0 Å². The van der Waals surface area contributed by atoms with E-state index >= 15 is 0 Å². The standard InChI is InChI=1S/C9H12BrNS/c10-8-4-5-9(12-8)11-6-2-1-3-7-11/h4-5H,1-3,6-7H2. The Morgan fingerprint density at radius 2 is 1.92 bits per heavy atom. The van der Waals surface area contributed by atoms with Gasteiger partial charge >= 0.3 is 0 Å². The van der Waals surface area contributed by atoms with Gasteiger partial charge < -0.3 is 4.90 Å². The van der Waals surface area contributed by atoms with Crippen molar-refractivity contribution in [1.29, 1.82) is 0 Å². The third-order valence-corrected chi connectivity index (χ3v) is 3.91. The Morgan fingerprint density at radius 1 is 1.17 bits per heavy atom. The quantitative estimate of drug-likeness (QED) is 0.733. The fourth-order valence-corrected chi connectivity index (χ4v) is 3.00. The van der Waals surface area contributed by atoms with Crippen molar-refractivity contribution in [3.8, 4) is 0 Å². The summed E-state index contributed by atoms with van der Waals surface area (Å²) >= 11 is 5.33. The van der Waals surface area contributed by atoms with E-state index in [9.17, 15) is 0 Å². The lowest BCUT2D eigenvalue weighted by Gasteiger charge is -2.26. The van der Waals surface area contributed by atoms with Crippen molar-refractivity contribution in [3.05, 3.63) is 15.9 Å². The maximum atomic E-state index is 3.49. The number of piperidine rings is 1. The molecule has 0 aromatic carbocycles. The van der Waals surface area contributed by atoms with Crippen LogP contribution >= 0.6 is 27.3 Å². The molecule has 0 amide bonds. The molecule has 2 heterocycles. The number of hydrogen-bond donors (Lipinski definition) is 0. The Labute approximate surface area is 85.5 Å². The predicted octanol–water partition coefficient (Wildman–Crippen LogP) is 3.50. The normalized spacial score (nSPS) is 18.2. The molecule has 12 heavy (non-hydrogen) atoms. The topological polar surface area (TPSA) is 3.24 Å². The maximum absolute atomic E-state index is 3.49. The highest BCUT2D eigenvalue weighted by Crippen LogP contribution is 2.31. The molecule has 1 aliphatic rings. The second kappa shape index (κ2) is 3.79. The fraction of sp³-hybridized carbons (Fsp3) is 0.556. The summed E-state index contributed by atoms with van der Waals surface area (Å²) in [5, 5.41) is 1.42. The summed E-state index contributed by atoms with van der Waals surface area (Å²) < 4.78 is 1.24. The zero-order valence-electron chi connectivity index (χ0n) is 6.92. The average Bonchev–Trinajstić information content (AvgIpc) is 2.54. The zero-order valence-corrected chi connectivity index (χ0v) is 9.33. The largest absolute Gasteiger partial charge is 0.363 e. The monoisotopic (exact) mass is 245 g/mol. The molecule has 0 radical (unpaired) electrons. The van der Waals surface area contributed by atoms with Crippen LogP contribution in [0, 0.1) is 0 Å². The molecule has 1 aromatic heterocycles. The summed E-state index contributed by atoms with van der Waals surface area (Å²) in [6, 6.07) is 4.34. The van der Waals surface area contributed by atoms with E-state index in [4.69, 9.17) is 0 Å². The van der Waals surface area contributed by atoms with Gasteiger partial charge in [0.25, 0.3) is 0 Å². The Morgan fingerprint density at radius 3 is 2.50 bits per heavy atom. The van der Waals surface area contributed by atoms with E-state index in [1.54, 1.807) is 0 Å². The van der Waals surface area contributed by atoms with Crippen molar-refractivity contribution in [1.82, 2.24) is 0 Å². The number of rotatable bonds is 1. The number of anilines is 1. The second-order valence-corrected chi connectivity index (χ2v) is 5.57. The lowest BCUT2D eigenvalue weighted by atomic mass is 10.1. The second-order valence-electron chi connectivity index (χ2n) is 3.13. The van der Waals surface area contributed by atoms with Gasteiger partial charge in [-0.15, -0.1) is 11.3 Å². The van der Waals surface area contributed by atoms with Gasteiger partial charge in [-0.3, -0.25) is 0 Å². The molecular formula is C9H12BrNS. The van der Waals surface area contributed by atoms with E-state index in [0.29, 0.717) is 0 Å². The molecule has 0 spiro atoms. The van der Waals surface area contributed by atoms with Crippen LogP contribution in [-0.4, -0.2) is 13.1 Å². The molecule has 0 saturated carbocycles. The molecule has 0 unspecified atom stereocenters. The maximum Gasteiger partial charge on any atom is 0.0920 e. The first kappa shape index (κ1) is 8.57. The number of nitrogens with zero attached hydrogens (tertiary/aromatic N) is 1. The highest BCUT2D eigenvalue weighted by Gasteiger charge is 2.11. The Balaban J connectivity index is 2.08. The van der Waals surface area contributed by atoms with Crippen LogP contribution in [0.15, 0.2) is 15.9 Å². The van der Waals surface area contributed by atoms with E-state index in [1.807, 2.05) is 11.3 Å². The van der Waals surface area contributed by atoms with Gasteiger partial charge in [-0.05, 0) is 47.3 Å². The number of thiophene rings is 1. The van der Waals surface area contributed by atoms with Crippen LogP contribution in [0.4, 0.5) is 5.00 Å². The first-order chi connectivity index (χ1) is 5.86. The Bertz CT molecular complexity index is 253. The van der Waals surface area contributed by atoms with Gasteiger partial charge in [-0.25, -0.2) is 0 Å². The summed E-state index contributed by atoms with van der Waals surface area (Å²) in [5.74, 6) is 0. The minimum absolute atomic E-state index is 1.24. The minimum atomic E-state index is 1.24. The molecule has 1 aliphatic heterocycles. The van der Waals surface area contributed by atoms with E-state index in [-0.39, 0.29) is 0 Å². The summed E-state index contributed by atoms with van der Waals surface area (Å²) in [6.07, 6.45) is 4.12. The van der Waals surface area contributed by atoms with Crippen LogP contribution < -0.4 is 4.90 Å². The highest BCUT2D eigenvalue weighted by molar-refractivity contribution is 9.11. The SMILES string of the molecule is Brc1ccc(N2CCCCC2)s1. The van der Waals surface area contributed by atoms with Crippen LogP contribution in [0.2, 0.25) is 0 Å². The molecule has 1 aromatic rings. The highest BCUT2D eigenvalue weighted by atomic mass is 79.9. The molecule has 1 saturated heterocycles. The summed E-state index contributed by atoms with van der Waals surface area (Å²) in [7, 11) is 0. The van der Waals surface area contributed by atoms with Crippen LogP contribution in [-0.2, 0) is 0 Å². The van der Waals surface area contributed by atoms with Crippen molar-refractivity contribution in [2.75, 3.05) is 18.0 Å². The van der Waals surface area contributed by atoms with Gasteiger partial charge in [-0.2, -0.15) is 0 Å². The summed E-state index contributed by atoms with van der Waals surface area (Å²) in [4.78, 5) is 2.49. The first-order valence-corrected chi connectivity index (χ1v) is 5.97. The average molecular weight is 246 g/mol. The van der Waals surface area contributed by atoms with Crippen molar-refractivity contribution < 1.29 is 0 Å². The van der Waals surface area contributed by atoms with Gasteiger partial charge in [0.15, 0.2) is 0 Å². The Kier molecular flexibility index (Phi) is 2.71. The van der Waals surface area contributed by atoms with Gasteiger partial charge in [0.2, 0.25) is 0 Å². The third kappa shape index (κ3) is 1.83. The smallest absolute Gasteiger partial charge is 0.0920 e. The Hall–Kier alpha value is -0.0200. The van der Waals surface area contributed by atoms with Crippen molar-refractivity contribution >= 4 is 32.3 Å². The molecule has 0 aliphatic carbocycles. The van der Waals surface area contributed by atoms with Crippen LogP contribution in [0.1, 0.15) is 19.3 Å². The molecule has 3 heteroatoms.